The molecule has 2 aromatic heterocycles. The third-order valence-electron chi connectivity index (χ3n) is 2.36. The summed E-state index contributed by atoms with van der Waals surface area (Å²) < 4.78 is 1.91. The van der Waals surface area contributed by atoms with Crippen LogP contribution in [0, 0.1) is 6.92 Å². The van der Waals surface area contributed by atoms with E-state index in [1.165, 1.54) is 0 Å². The molecule has 0 radical (unpaired) electrons. The third-order valence-corrected chi connectivity index (χ3v) is 3.19. The Hall–Kier alpha value is -1.24. The van der Waals surface area contributed by atoms with Gasteiger partial charge in [-0.05, 0) is 6.92 Å². The van der Waals surface area contributed by atoms with E-state index in [2.05, 4.69) is 20.8 Å². The second-order valence-corrected chi connectivity index (χ2v) is 4.81. The zero-order valence-corrected chi connectivity index (χ0v) is 10.2. The molecule has 1 atom stereocenters. The molecule has 16 heavy (non-hydrogen) atoms. The van der Waals surface area contributed by atoms with Gasteiger partial charge in [0.25, 0.3) is 0 Å². The van der Waals surface area contributed by atoms with E-state index in [1.807, 2.05) is 24.7 Å². The Bertz CT molecular complexity index is 461. The molecule has 5 nitrogen and oxygen atoms in total. The number of nitrogens with one attached hydrogen (secondary N) is 1. The van der Waals surface area contributed by atoms with Gasteiger partial charge in [-0.25, -0.2) is 9.97 Å². The molecule has 2 rings (SSSR count). The Morgan fingerprint density at radius 2 is 2.44 bits per heavy atom. The highest BCUT2D eigenvalue weighted by atomic mass is 32.1. The highest BCUT2D eigenvalue weighted by molar-refractivity contribution is 7.09. The monoisotopic (exact) mass is 237 g/mol. The first kappa shape index (κ1) is 11.3. The number of hydrogen-bond donors (Lipinski definition) is 2. The van der Waals surface area contributed by atoms with Crippen molar-refractivity contribution in [2.45, 2.75) is 19.4 Å². The normalized spacial score (nSPS) is 12.9. The summed E-state index contributed by atoms with van der Waals surface area (Å²) in [7, 11) is 1.94. The van der Waals surface area contributed by atoms with Gasteiger partial charge < -0.3 is 4.57 Å². The summed E-state index contributed by atoms with van der Waals surface area (Å²) in [5, 5.41) is 3.13. The molecule has 0 aliphatic carbocycles. The Kier molecular flexibility index (Phi) is 3.33. The van der Waals surface area contributed by atoms with E-state index in [-0.39, 0.29) is 6.04 Å². The van der Waals surface area contributed by atoms with Crippen LogP contribution in [0.25, 0.3) is 0 Å². The number of nitrogens with zero attached hydrogens (tertiary/aromatic N) is 3. The average Bonchev–Trinajstić information content (AvgIpc) is 2.84. The lowest BCUT2D eigenvalue weighted by molar-refractivity contribution is 0.535. The van der Waals surface area contributed by atoms with Gasteiger partial charge in [0.05, 0.1) is 28.8 Å². The van der Waals surface area contributed by atoms with E-state index in [9.17, 15) is 0 Å². The highest BCUT2D eigenvalue weighted by Crippen LogP contribution is 2.17. The van der Waals surface area contributed by atoms with Crippen LogP contribution in [0.3, 0.4) is 0 Å². The topological polar surface area (TPSA) is 68.8 Å². The van der Waals surface area contributed by atoms with Crippen LogP contribution in [0.4, 0.5) is 0 Å². The molecule has 0 spiro atoms. The largest absolute Gasteiger partial charge is 0.340 e. The molecule has 0 saturated heterocycles. The molecule has 1 unspecified atom stereocenters. The maximum atomic E-state index is 5.55. The molecule has 0 saturated carbocycles. The first-order chi connectivity index (χ1) is 7.69. The van der Waals surface area contributed by atoms with Crippen LogP contribution in [-0.2, 0) is 13.5 Å². The molecule has 2 heterocycles. The molecule has 0 aliphatic heterocycles. The van der Waals surface area contributed by atoms with Crippen molar-refractivity contribution in [1.29, 1.82) is 0 Å². The van der Waals surface area contributed by atoms with Crippen LogP contribution in [0.5, 0.6) is 0 Å². The average molecular weight is 237 g/mol. The summed E-state index contributed by atoms with van der Waals surface area (Å²) in [6.07, 6.45) is 4.49. The van der Waals surface area contributed by atoms with Gasteiger partial charge in [0.2, 0.25) is 0 Å². The van der Waals surface area contributed by atoms with E-state index in [1.54, 1.807) is 17.7 Å². The summed E-state index contributed by atoms with van der Waals surface area (Å²) in [6, 6.07) is 0.0164. The van der Waals surface area contributed by atoms with Crippen molar-refractivity contribution in [1.82, 2.24) is 20.0 Å². The van der Waals surface area contributed by atoms with E-state index in [4.69, 9.17) is 5.84 Å². The van der Waals surface area contributed by atoms with E-state index in [0.717, 1.165) is 22.8 Å². The van der Waals surface area contributed by atoms with Crippen molar-refractivity contribution >= 4 is 11.3 Å². The Morgan fingerprint density at radius 3 is 2.94 bits per heavy atom. The molecule has 86 valence electrons. The number of rotatable bonds is 4. The van der Waals surface area contributed by atoms with Crippen LogP contribution in [0.1, 0.15) is 22.4 Å². The summed E-state index contributed by atoms with van der Waals surface area (Å²) in [5.41, 5.74) is 4.77. The zero-order chi connectivity index (χ0) is 11.5. The van der Waals surface area contributed by atoms with E-state index >= 15 is 0 Å². The molecule has 2 aromatic rings. The summed E-state index contributed by atoms with van der Waals surface area (Å²) in [6.45, 7) is 2.00. The van der Waals surface area contributed by atoms with Crippen LogP contribution >= 0.6 is 11.3 Å². The minimum atomic E-state index is 0.0164. The van der Waals surface area contributed by atoms with Crippen LogP contribution in [0.2, 0.25) is 0 Å². The van der Waals surface area contributed by atoms with Crippen molar-refractivity contribution in [2.24, 2.45) is 12.9 Å². The van der Waals surface area contributed by atoms with Gasteiger partial charge in [-0.15, -0.1) is 11.3 Å². The highest BCUT2D eigenvalue weighted by Gasteiger charge is 2.14. The first-order valence-corrected chi connectivity index (χ1v) is 5.92. The van der Waals surface area contributed by atoms with Crippen molar-refractivity contribution in [2.75, 3.05) is 0 Å². The number of nitrogens with two attached hydrogens (primary N) is 1. The van der Waals surface area contributed by atoms with Crippen LogP contribution in [0.15, 0.2) is 17.9 Å². The van der Waals surface area contributed by atoms with Gasteiger partial charge in [-0.3, -0.25) is 11.3 Å². The fraction of sp³-hybridized carbons (Fsp3) is 0.400. The smallest absolute Gasteiger partial charge is 0.0947 e. The van der Waals surface area contributed by atoms with Gasteiger partial charge >= 0.3 is 0 Å². The van der Waals surface area contributed by atoms with Crippen LogP contribution < -0.4 is 11.3 Å². The summed E-state index contributed by atoms with van der Waals surface area (Å²) in [5.74, 6) is 5.55. The van der Waals surface area contributed by atoms with Gasteiger partial charge in [0, 0.05) is 25.0 Å². The van der Waals surface area contributed by atoms with Gasteiger partial charge in [0.15, 0.2) is 0 Å². The second-order valence-electron chi connectivity index (χ2n) is 3.75. The van der Waals surface area contributed by atoms with Gasteiger partial charge in [-0.1, -0.05) is 0 Å². The lowest BCUT2D eigenvalue weighted by atomic mass is 10.1. The number of imidazole rings is 1. The van der Waals surface area contributed by atoms with E-state index < -0.39 is 0 Å². The number of hydrogen-bond acceptors (Lipinski definition) is 5. The standard InChI is InChI=1S/C10H15N5S/c1-7-13-8(5-16-7)3-9(14-11)10-4-15(2)6-12-10/h4-6,9,14H,3,11H2,1-2H3. The molecule has 0 bridgehead atoms. The number of hydrazine groups is 1. The van der Waals surface area contributed by atoms with Gasteiger partial charge in [0.1, 0.15) is 0 Å². The minimum absolute atomic E-state index is 0.0164. The maximum absolute atomic E-state index is 5.55. The first-order valence-electron chi connectivity index (χ1n) is 5.04. The van der Waals surface area contributed by atoms with E-state index in [0.29, 0.717) is 0 Å². The molecular weight excluding hydrogens is 222 g/mol. The zero-order valence-electron chi connectivity index (χ0n) is 9.34. The molecule has 0 fully saturated rings. The predicted octanol–water partition coefficient (Wildman–Crippen LogP) is 0.932. The SMILES string of the molecule is Cc1nc(CC(NN)c2cn(C)cn2)cs1. The lowest BCUT2D eigenvalue weighted by Gasteiger charge is -2.11. The minimum Gasteiger partial charge on any atom is -0.340 e. The fourth-order valence-corrected chi connectivity index (χ4v) is 2.20. The van der Waals surface area contributed by atoms with Crippen molar-refractivity contribution in [3.05, 3.63) is 34.3 Å². The Morgan fingerprint density at radius 1 is 1.62 bits per heavy atom. The summed E-state index contributed by atoms with van der Waals surface area (Å²) in [4.78, 5) is 8.71. The number of aromatic nitrogens is 3. The molecule has 0 aromatic carbocycles. The predicted molar refractivity (Wildman–Crippen MR) is 63.8 cm³/mol. The second kappa shape index (κ2) is 4.73. The Balaban J connectivity index is 2.12. The van der Waals surface area contributed by atoms with Crippen molar-refractivity contribution < 1.29 is 0 Å². The fourth-order valence-electron chi connectivity index (χ4n) is 1.57. The number of aryl methyl sites for hydroxylation is 2. The molecule has 0 aliphatic rings. The quantitative estimate of drug-likeness (QED) is 0.613. The van der Waals surface area contributed by atoms with Crippen molar-refractivity contribution in [3.8, 4) is 0 Å². The summed E-state index contributed by atoms with van der Waals surface area (Å²) >= 11 is 1.65. The molecule has 6 heteroatoms. The molecule has 0 amide bonds. The van der Waals surface area contributed by atoms with Crippen LogP contribution in [-0.4, -0.2) is 14.5 Å². The Labute approximate surface area is 98.3 Å². The van der Waals surface area contributed by atoms with Crippen molar-refractivity contribution in [3.63, 3.8) is 0 Å². The third kappa shape index (κ3) is 2.46. The lowest BCUT2D eigenvalue weighted by Crippen LogP contribution is -2.30. The number of thiazole rings is 1. The maximum Gasteiger partial charge on any atom is 0.0947 e. The molecular formula is C10H15N5S. The molecule has 3 N–H and O–H groups in total. The van der Waals surface area contributed by atoms with Gasteiger partial charge in [-0.2, -0.15) is 0 Å².